The molecular weight excluding hydrogens is 221 g/mol. The Hall–Kier alpha value is -0.417. The molecule has 0 fully saturated rings. The summed E-state index contributed by atoms with van der Waals surface area (Å²) in [5.41, 5.74) is 0. The van der Waals surface area contributed by atoms with Crippen molar-refractivity contribution in [3.05, 3.63) is 45.8 Å². The van der Waals surface area contributed by atoms with Gasteiger partial charge < -0.3 is 0 Å². The van der Waals surface area contributed by atoms with E-state index in [4.69, 9.17) is 0 Å². The molecule has 0 N–H and O–H groups in total. The van der Waals surface area contributed by atoms with Crippen LogP contribution in [0.3, 0.4) is 0 Å². The third-order valence-electron chi connectivity index (χ3n) is 0.879. The van der Waals surface area contributed by atoms with E-state index in [9.17, 15) is 0 Å². The van der Waals surface area contributed by atoms with Crippen LogP contribution < -0.4 is 0 Å². The monoisotopic (exact) mass is 236 g/mol. The Morgan fingerprint density at radius 3 is 1.55 bits per heavy atom. The standard InChI is InChI=1S/2C5H7.Ru/c2*1-3-5-4-2;/h2*1,3-5H,2H3;. The van der Waals surface area contributed by atoms with Crippen molar-refractivity contribution in [1.82, 2.24) is 0 Å². The summed E-state index contributed by atoms with van der Waals surface area (Å²) >= 11 is 0.295. The van der Waals surface area contributed by atoms with Crippen LogP contribution in [0.25, 0.3) is 0 Å². The van der Waals surface area contributed by atoms with Crippen LogP contribution in [-0.2, 0) is 17.1 Å². The Balaban J connectivity index is 3.40. The quantitative estimate of drug-likeness (QED) is 0.518. The first kappa shape index (κ1) is 10.6. The van der Waals surface area contributed by atoms with Gasteiger partial charge in [-0.15, -0.1) is 0 Å². The van der Waals surface area contributed by atoms with Gasteiger partial charge >= 0.3 is 76.8 Å². The predicted octanol–water partition coefficient (Wildman–Crippen LogP) is 3.25. The zero-order valence-electron chi connectivity index (χ0n) is 6.97. The van der Waals surface area contributed by atoms with Crippen LogP contribution in [-0.4, -0.2) is 0 Å². The zero-order valence-corrected chi connectivity index (χ0v) is 8.71. The average Bonchev–Trinajstić information content (AvgIpc) is 2.03. The van der Waals surface area contributed by atoms with Gasteiger partial charge in [0.15, 0.2) is 0 Å². The van der Waals surface area contributed by atoms with Crippen LogP contribution in [0.1, 0.15) is 13.8 Å². The molecule has 0 aliphatic heterocycles. The van der Waals surface area contributed by atoms with E-state index in [2.05, 4.69) is 33.6 Å². The molecule has 0 bridgehead atoms. The summed E-state index contributed by atoms with van der Waals surface area (Å²) in [5, 5.41) is 0. The molecule has 0 atom stereocenters. The predicted molar refractivity (Wildman–Crippen MR) is 47.9 cm³/mol. The number of allylic oxidation sites excluding steroid dienone is 6. The van der Waals surface area contributed by atoms with Crippen LogP contribution in [0.15, 0.2) is 45.8 Å². The molecule has 11 heavy (non-hydrogen) atoms. The van der Waals surface area contributed by atoms with Gasteiger partial charge in [-0.3, -0.25) is 0 Å². The van der Waals surface area contributed by atoms with Crippen molar-refractivity contribution < 1.29 is 17.1 Å². The summed E-state index contributed by atoms with van der Waals surface area (Å²) in [4.78, 5) is 0. The first-order valence-electron chi connectivity index (χ1n) is 3.56. The third kappa shape index (κ3) is 9.58. The van der Waals surface area contributed by atoms with E-state index in [0.717, 1.165) is 0 Å². The normalized spacial score (nSPS) is 13.6. The molecule has 0 heterocycles. The molecule has 0 aromatic carbocycles. The molecule has 0 nitrogen and oxygen atoms in total. The molecule has 62 valence electrons. The maximum absolute atomic E-state index is 2.22. The number of hydrogen-bond acceptors (Lipinski definition) is 0. The van der Waals surface area contributed by atoms with E-state index in [-0.39, 0.29) is 0 Å². The van der Waals surface area contributed by atoms with E-state index in [1.807, 2.05) is 26.0 Å². The minimum absolute atomic E-state index is 0.295. The minimum atomic E-state index is 0.295. The third-order valence-corrected chi connectivity index (χ3v) is 2.22. The van der Waals surface area contributed by atoms with Gasteiger partial charge in [0, 0.05) is 0 Å². The molecule has 0 radical (unpaired) electrons. The molecule has 0 unspecified atom stereocenters. The van der Waals surface area contributed by atoms with Crippen molar-refractivity contribution in [1.29, 1.82) is 0 Å². The summed E-state index contributed by atoms with van der Waals surface area (Å²) in [6.07, 6.45) is 12.4. The first-order valence-corrected chi connectivity index (χ1v) is 5.57. The molecule has 0 rings (SSSR count). The van der Waals surface area contributed by atoms with Crippen molar-refractivity contribution in [2.75, 3.05) is 0 Å². The molecule has 0 aromatic heterocycles. The van der Waals surface area contributed by atoms with Gasteiger partial charge in [0.05, 0.1) is 0 Å². The van der Waals surface area contributed by atoms with E-state index >= 15 is 0 Å². The van der Waals surface area contributed by atoms with Crippen LogP contribution in [0, 0.1) is 0 Å². The molecule has 0 aliphatic rings. The summed E-state index contributed by atoms with van der Waals surface area (Å²) in [5.74, 6) is 0. The fraction of sp³-hybridized carbons (Fsp3) is 0.200. The SMILES string of the molecule is CC=CC=[CH][Ru][CH]=CC=CC. The van der Waals surface area contributed by atoms with E-state index in [1.54, 1.807) is 0 Å². The number of rotatable bonds is 4. The van der Waals surface area contributed by atoms with Gasteiger partial charge in [-0.25, -0.2) is 0 Å². The summed E-state index contributed by atoms with van der Waals surface area (Å²) in [6.45, 7) is 4.05. The molecule has 0 saturated heterocycles. The summed E-state index contributed by atoms with van der Waals surface area (Å²) in [7, 11) is 0. The molecule has 0 aliphatic carbocycles. The zero-order chi connectivity index (χ0) is 8.36. The molecule has 0 saturated carbocycles. The summed E-state index contributed by atoms with van der Waals surface area (Å²) in [6, 6.07) is 0. The Kier molecular flexibility index (Phi) is 9.22. The van der Waals surface area contributed by atoms with Crippen molar-refractivity contribution in [2.24, 2.45) is 0 Å². The second kappa shape index (κ2) is 9.58. The fourth-order valence-electron chi connectivity index (χ4n) is 0.419. The van der Waals surface area contributed by atoms with Crippen molar-refractivity contribution in [3.63, 3.8) is 0 Å². The van der Waals surface area contributed by atoms with Gasteiger partial charge in [0.1, 0.15) is 0 Å². The Morgan fingerprint density at radius 1 is 0.727 bits per heavy atom. The van der Waals surface area contributed by atoms with Crippen molar-refractivity contribution in [2.45, 2.75) is 13.8 Å². The Bertz CT molecular complexity index is 153. The van der Waals surface area contributed by atoms with Gasteiger partial charge in [-0.2, -0.15) is 0 Å². The average molecular weight is 235 g/mol. The molecule has 1 heteroatoms. The van der Waals surface area contributed by atoms with Crippen LogP contribution in [0.2, 0.25) is 0 Å². The summed E-state index contributed by atoms with van der Waals surface area (Å²) < 4.78 is 4.43. The number of hydrogen-bond donors (Lipinski definition) is 0. The van der Waals surface area contributed by atoms with Crippen LogP contribution in [0.4, 0.5) is 0 Å². The van der Waals surface area contributed by atoms with Gasteiger partial charge in [0.25, 0.3) is 0 Å². The van der Waals surface area contributed by atoms with Crippen LogP contribution in [0.5, 0.6) is 0 Å². The molecule has 0 amide bonds. The maximum atomic E-state index is 2.22. The first-order chi connectivity index (χ1) is 5.41. The van der Waals surface area contributed by atoms with Gasteiger partial charge in [0.2, 0.25) is 0 Å². The second-order valence-electron chi connectivity index (χ2n) is 1.79. The molecule has 0 spiro atoms. The van der Waals surface area contributed by atoms with E-state index < -0.39 is 0 Å². The second-order valence-corrected chi connectivity index (χ2v) is 3.53. The molecule has 0 aromatic rings. The van der Waals surface area contributed by atoms with Gasteiger partial charge in [-0.1, -0.05) is 0 Å². The van der Waals surface area contributed by atoms with E-state index in [1.165, 1.54) is 0 Å². The fourth-order valence-corrected chi connectivity index (χ4v) is 1.38. The Morgan fingerprint density at radius 2 is 1.18 bits per heavy atom. The molecular formula is C10H14Ru. The van der Waals surface area contributed by atoms with E-state index in [0.29, 0.717) is 17.1 Å². The van der Waals surface area contributed by atoms with Crippen LogP contribution >= 0.6 is 0 Å². The van der Waals surface area contributed by atoms with Gasteiger partial charge in [-0.05, 0) is 0 Å². The topological polar surface area (TPSA) is 0 Å². The van der Waals surface area contributed by atoms with Crippen molar-refractivity contribution in [3.8, 4) is 0 Å². The van der Waals surface area contributed by atoms with Crippen molar-refractivity contribution >= 4 is 0 Å². The Labute approximate surface area is 77.0 Å².